The molecule has 0 aliphatic rings. The van der Waals surface area contributed by atoms with Gasteiger partial charge in [-0.15, -0.1) is 0 Å². The molecule has 1 atom stereocenters. The second-order valence-electron chi connectivity index (χ2n) is 5.75. The maximum absolute atomic E-state index is 12.0. The molecule has 2 aromatic carbocycles. The maximum atomic E-state index is 12.0. The van der Waals surface area contributed by atoms with Gasteiger partial charge in [0.25, 0.3) is 5.91 Å². The Kier molecular flexibility index (Phi) is 6.98. The predicted octanol–water partition coefficient (Wildman–Crippen LogP) is 2.07. The molecule has 0 saturated carbocycles. The standard InChI is InChI=1S/C19H21ClN2O3/c1-13(16-4-3-5-17(20)10-16)21-12-18(23)22-11-14-6-8-15(9-7-14)19(24)25-2/h3-10,13,21H,11-12H2,1-2H3,(H,22,23)/p+1/t13-/m1/s1. The number of carbonyl (C=O) groups is 2. The number of quaternary nitrogens is 1. The Morgan fingerprint density at radius 3 is 2.56 bits per heavy atom. The topological polar surface area (TPSA) is 72.0 Å². The molecule has 0 saturated heterocycles. The molecule has 0 unspecified atom stereocenters. The number of hydrogen-bond donors (Lipinski definition) is 2. The highest BCUT2D eigenvalue weighted by molar-refractivity contribution is 6.30. The lowest BCUT2D eigenvalue weighted by Crippen LogP contribution is -2.87. The Morgan fingerprint density at radius 2 is 1.92 bits per heavy atom. The van der Waals surface area contributed by atoms with Gasteiger partial charge in [-0.25, -0.2) is 4.79 Å². The summed E-state index contributed by atoms with van der Waals surface area (Å²) in [5, 5.41) is 5.52. The molecular weight excluding hydrogens is 340 g/mol. The van der Waals surface area contributed by atoms with E-state index in [4.69, 9.17) is 11.6 Å². The summed E-state index contributed by atoms with van der Waals surface area (Å²) in [6.45, 7) is 2.78. The van der Waals surface area contributed by atoms with Crippen LogP contribution in [0.4, 0.5) is 0 Å². The third-order valence-corrected chi connectivity index (χ3v) is 4.13. The summed E-state index contributed by atoms with van der Waals surface area (Å²) >= 11 is 5.99. The molecule has 0 fully saturated rings. The molecule has 0 radical (unpaired) electrons. The number of halogens is 1. The van der Waals surface area contributed by atoms with E-state index >= 15 is 0 Å². The number of methoxy groups -OCH3 is 1. The number of esters is 1. The molecule has 0 aliphatic heterocycles. The fourth-order valence-electron chi connectivity index (χ4n) is 2.36. The summed E-state index contributed by atoms with van der Waals surface area (Å²) < 4.78 is 4.65. The van der Waals surface area contributed by atoms with Gasteiger partial charge in [-0.1, -0.05) is 35.9 Å². The number of hydrogen-bond acceptors (Lipinski definition) is 3. The summed E-state index contributed by atoms with van der Waals surface area (Å²) in [7, 11) is 1.34. The van der Waals surface area contributed by atoms with Gasteiger partial charge in [-0.05, 0) is 36.8 Å². The van der Waals surface area contributed by atoms with Gasteiger partial charge in [0.15, 0.2) is 6.54 Å². The van der Waals surface area contributed by atoms with E-state index in [-0.39, 0.29) is 17.9 Å². The molecule has 0 spiro atoms. The van der Waals surface area contributed by atoms with Crippen molar-refractivity contribution in [3.05, 3.63) is 70.2 Å². The molecule has 3 N–H and O–H groups in total. The second-order valence-corrected chi connectivity index (χ2v) is 6.19. The average Bonchev–Trinajstić information content (AvgIpc) is 2.64. The largest absolute Gasteiger partial charge is 0.465 e. The van der Waals surface area contributed by atoms with Crippen molar-refractivity contribution >= 4 is 23.5 Å². The van der Waals surface area contributed by atoms with Gasteiger partial charge in [0.1, 0.15) is 6.04 Å². The van der Waals surface area contributed by atoms with Crippen molar-refractivity contribution in [2.24, 2.45) is 0 Å². The van der Waals surface area contributed by atoms with Crippen molar-refractivity contribution in [2.45, 2.75) is 19.5 Å². The zero-order valence-electron chi connectivity index (χ0n) is 14.3. The number of ether oxygens (including phenoxy) is 1. The molecule has 2 aromatic rings. The van der Waals surface area contributed by atoms with Gasteiger partial charge in [-0.2, -0.15) is 0 Å². The highest BCUT2D eigenvalue weighted by Crippen LogP contribution is 2.14. The minimum atomic E-state index is -0.375. The van der Waals surface area contributed by atoms with Crippen LogP contribution in [0, 0.1) is 0 Å². The number of rotatable bonds is 7. The van der Waals surface area contributed by atoms with Crippen LogP contribution in [0.5, 0.6) is 0 Å². The molecular formula is C19H22ClN2O3+. The van der Waals surface area contributed by atoms with Gasteiger partial charge in [0.2, 0.25) is 0 Å². The van der Waals surface area contributed by atoms with Crippen LogP contribution in [0.3, 0.4) is 0 Å². The van der Waals surface area contributed by atoms with E-state index in [2.05, 4.69) is 10.1 Å². The summed E-state index contributed by atoms with van der Waals surface area (Å²) in [6, 6.07) is 14.7. The molecule has 0 bridgehead atoms. The van der Waals surface area contributed by atoms with Crippen LogP contribution >= 0.6 is 11.6 Å². The Balaban J connectivity index is 1.78. The van der Waals surface area contributed by atoms with Crippen LogP contribution in [0.25, 0.3) is 0 Å². The van der Waals surface area contributed by atoms with Crippen LogP contribution in [-0.2, 0) is 16.1 Å². The first-order valence-electron chi connectivity index (χ1n) is 8.02. The highest BCUT2D eigenvalue weighted by atomic mass is 35.5. The number of nitrogens with one attached hydrogen (secondary N) is 1. The Morgan fingerprint density at radius 1 is 1.20 bits per heavy atom. The molecule has 0 aliphatic carbocycles. The minimum absolute atomic E-state index is 0.0501. The quantitative estimate of drug-likeness (QED) is 0.741. The number of benzene rings is 2. The van der Waals surface area contributed by atoms with Crippen LogP contribution in [0.2, 0.25) is 5.02 Å². The van der Waals surface area contributed by atoms with E-state index < -0.39 is 0 Å². The van der Waals surface area contributed by atoms with E-state index in [9.17, 15) is 9.59 Å². The number of carbonyl (C=O) groups excluding carboxylic acids is 2. The van der Waals surface area contributed by atoms with E-state index in [1.807, 2.05) is 36.5 Å². The molecule has 132 valence electrons. The van der Waals surface area contributed by atoms with E-state index in [1.165, 1.54) is 7.11 Å². The van der Waals surface area contributed by atoms with Gasteiger partial charge in [0.05, 0.1) is 12.7 Å². The lowest BCUT2D eigenvalue weighted by atomic mass is 10.1. The summed E-state index contributed by atoms with van der Waals surface area (Å²) in [5.41, 5.74) is 2.49. The molecule has 2 rings (SSSR count). The number of nitrogens with two attached hydrogens (primary N) is 1. The summed E-state index contributed by atoms with van der Waals surface area (Å²) in [6.07, 6.45) is 0. The van der Waals surface area contributed by atoms with Crippen molar-refractivity contribution < 1.29 is 19.6 Å². The lowest BCUT2D eigenvalue weighted by Gasteiger charge is -2.11. The van der Waals surface area contributed by atoms with E-state index in [0.29, 0.717) is 23.7 Å². The SMILES string of the molecule is COC(=O)c1ccc(CNC(=O)C[NH2+][C@H](C)c2cccc(Cl)c2)cc1. The molecule has 5 nitrogen and oxygen atoms in total. The normalized spacial score (nSPS) is 11.6. The fraction of sp³-hybridized carbons (Fsp3) is 0.263. The van der Waals surface area contributed by atoms with Gasteiger partial charge < -0.3 is 15.4 Å². The maximum Gasteiger partial charge on any atom is 0.337 e. The first-order valence-corrected chi connectivity index (χ1v) is 8.40. The Labute approximate surface area is 152 Å². The zero-order valence-corrected chi connectivity index (χ0v) is 15.0. The average molecular weight is 362 g/mol. The van der Waals surface area contributed by atoms with Crippen molar-refractivity contribution in [3.8, 4) is 0 Å². The summed E-state index contributed by atoms with van der Waals surface area (Å²) in [5.74, 6) is -0.425. The van der Waals surface area contributed by atoms with Crippen molar-refractivity contribution in [1.82, 2.24) is 5.32 Å². The third-order valence-electron chi connectivity index (χ3n) is 3.90. The fourth-order valence-corrected chi connectivity index (χ4v) is 2.56. The van der Waals surface area contributed by atoms with Gasteiger partial charge in [0, 0.05) is 17.1 Å². The first kappa shape index (κ1) is 19.0. The molecule has 25 heavy (non-hydrogen) atoms. The molecule has 1 amide bonds. The molecule has 0 aromatic heterocycles. The second kappa shape index (κ2) is 9.20. The van der Waals surface area contributed by atoms with Crippen LogP contribution in [-0.4, -0.2) is 25.5 Å². The van der Waals surface area contributed by atoms with Gasteiger partial charge in [-0.3, -0.25) is 4.79 Å². The smallest absolute Gasteiger partial charge is 0.337 e. The lowest BCUT2D eigenvalue weighted by molar-refractivity contribution is -0.682. The zero-order chi connectivity index (χ0) is 18.2. The van der Waals surface area contributed by atoms with E-state index in [1.54, 1.807) is 24.3 Å². The summed E-state index contributed by atoms with van der Waals surface area (Å²) in [4.78, 5) is 23.4. The van der Waals surface area contributed by atoms with E-state index in [0.717, 1.165) is 11.1 Å². The van der Waals surface area contributed by atoms with Crippen LogP contribution < -0.4 is 10.6 Å². The first-order chi connectivity index (χ1) is 12.0. The molecule has 6 heteroatoms. The van der Waals surface area contributed by atoms with Crippen molar-refractivity contribution in [3.63, 3.8) is 0 Å². The monoisotopic (exact) mass is 361 g/mol. The highest BCUT2D eigenvalue weighted by Gasteiger charge is 2.12. The predicted molar refractivity (Wildman–Crippen MR) is 96.3 cm³/mol. The van der Waals surface area contributed by atoms with Gasteiger partial charge >= 0.3 is 5.97 Å². The van der Waals surface area contributed by atoms with Crippen molar-refractivity contribution in [2.75, 3.05) is 13.7 Å². The molecule has 0 heterocycles. The Hall–Kier alpha value is -2.37. The minimum Gasteiger partial charge on any atom is -0.465 e. The number of amides is 1. The van der Waals surface area contributed by atoms with Crippen LogP contribution in [0.1, 0.15) is 34.5 Å². The van der Waals surface area contributed by atoms with Crippen molar-refractivity contribution in [1.29, 1.82) is 0 Å². The Bertz CT molecular complexity index is 732. The third kappa shape index (κ3) is 5.89. The van der Waals surface area contributed by atoms with Crippen LogP contribution in [0.15, 0.2) is 48.5 Å².